The van der Waals surface area contributed by atoms with E-state index in [9.17, 15) is 23.3 Å². The summed E-state index contributed by atoms with van der Waals surface area (Å²) >= 11 is 0. The van der Waals surface area contributed by atoms with Gasteiger partial charge in [-0.05, 0) is 12.0 Å². The van der Waals surface area contributed by atoms with Gasteiger partial charge in [0, 0.05) is 12.1 Å². The highest BCUT2D eigenvalue weighted by molar-refractivity contribution is 5.33. The van der Waals surface area contributed by atoms with Gasteiger partial charge < -0.3 is 0 Å². The number of nitrogens with zero attached hydrogens (tertiary/aromatic N) is 1. The third kappa shape index (κ3) is 3.18. The molecule has 0 saturated heterocycles. The molecule has 0 bridgehead atoms. The van der Waals surface area contributed by atoms with Gasteiger partial charge in [-0.25, -0.2) is 0 Å². The molecule has 0 spiro atoms. The van der Waals surface area contributed by atoms with Crippen LogP contribution in [-0.2, 0) is 6.42 Å². The predicted molar refractivity (Wildman–Crippen MR) is 56.6 cm³/mol. The van der Waals surface area contributed by atoms with Crippen molar-refractivity contribution in [2.75, 3.05) is 0 Å². The van der Waals surface area contributed by atoms with Crippen LogP contribution in [0.3, 0.4) is 0 Å². The van der Waals surface area contributed by atoms with Crippen LogP contribution >= 0.6 is 0 Å². The average Bonchev–Trinajstić information content (AvgIpc) is 2.16. The van der Waals surface area contributed by atoms with E-state index in [0.29, 0.717) is 5.56 Å². The van der Waals surface area contributed by atoms with Crippen molar-refractivity contribution in [3.05, 3.63) is 39.9 Å². The lowest BCUT2D eigenvalue weighted by atomic mass is 9.85. The fraction of sp³-hybridized carbons (Fsp3) is 0.455. The van der Waals surface area contributed by atoms with Crippen LogP contribution in [0.1, 0.15) is 19.4 Å². The minimum Gasteiger partial charge on any atom is -0.258 e. The van der Waals surface area contributed by atoms with Crippen molar-refractivity contribution in [2.45, 2.75) is 26.4 Å². The first-order valence-corrected chi connectivity index (χ1v) is 4.93. The smallest absolute Gasteiger partial charge is 0.258 e. The summed E-state index contributed by atoms with van der Waals surface area (Å²) in [5.74, 6) is 0. The van der Waals surface area contributed by atoms with E-state index in [1.165, 1.54) is 24.3 Å². The Morgan fingerprint density at radius 3 is 2.00 bits per heavy atom. The Labute approximate surface area is 96.4 Å². The number of benzene rings is 1. The van der Waals surface area contributed by atoms with Crippen molar-refractivity contribution >= 4 is 5.69 Å². The van der Waals surface area contributed by atoms with Crippen LogP contribution < -0.4 is 0 Å². The Bertz CT molecular complexity index is 410. The Balaban J connectivity index is 2.86. The van der Waals surface area contributed by atoms with Gasteiger partial charge in [0.05, 0.1) is 10.3 Å². The first-order chi connectivity index (χ1) is 7.63. The normalized spacial score (nSPS) is 12.5. The molecule has 17 heavy (non-hydrogen) atoms. The highest BCUT2D eigenvalue weighted by Gasteiger charge is 2.46. The summed E-state index contributed by atoms with van der Waals surface area (Å²) in [5, 5.41) is 10.4. The second-order valence-electron chi connectivity index (χ2n) is 4.48. The molecular weight excluding hydrogens is 235 g/mol. The second-order valence-corrected chi connectivity index (χ2v) is 4.48. The zero-order chi connectivity index (χ0) is 13.3. The van der Waals surface area contributed by atoms with Gasteiger partial charge in [0.2, 0.25) is 0 Å². The summed E-state index contributed by atoms with van der Waals surface area (Å²) in [6.07, 6.45) is -4.50. The number of nitro groups is 1. The number of rotatable bonds is 3. The molecule has 0 saturated carbocycles. The molecule has 0 heterocycles. The van der Waals surface area contributed by atoms with Crippen molar-refractivity contribution < 1.29 is 18.1 Å². The van der Waals surface area contributed by atoms with E-state index in [4.69, 9.17) is 0 Å². The molecule has 3 nitrogen and oxygen atoms in total. The van der Waals surface area contributed by atoms with Gasteiger partial charge in [-0.1, -0.05) is 26.0 Å². The number of non-ortho nitro benzene ring substituents is 1. The van der Waals surface area contributed by atoms with Crippen molar-refractivity contribution in [1.82, 2.24) is 0 Å². The summed E-state index contributed by atoms with van der Waals surface area (Å²) < 4.78 is 37.9. The molecule has 0 N–H and O–H groups in total. The summed E-state index contributed by atoms with van der Waals surface area (Å²) in [6, 6.07) is 5.13. The number of hydrogen-bond acceptors (Lipinski definition) is 2. The first-order valence-electron chi connectivity index (χ1n) is 4.93. The summed E-state index contributed by atoms with van der Waals surface area (Å²) in [5.41, 5.74) is -1.54. The van der Waals surface area contributed by atoms with Crippen molar-refractivity contribution in [2.24, 2.45) is 5.41 Å². The molecule has 0 aliphatic rings. The third-order valence-electron chi connectivity index (χ3n) is 2.56. The monoisotopic (exact) mass is 247 g/mol. The van der Waals surface area contributed by atoms with E-state index in [0.717, 1.165) is 13.8 Å². The Hall–Kier alpha value is -1.59. The summed E-state index contributed by atoms with van der Waals surface area (Å²) in [6.45, 7) is 2.21. The van der Waals surface area contributed by atoms with Crippen LogP contribution in [-0.4, -0.2) is 11.1 Å². The topological polar surface area (TPSA) is 43.1 Å². The molecule has 94 valence electrons. The first kappa shape index (κ1) is 13.5. The maximum absolute atomic E-state index is 12.6. The molecule has 1 aromatic rings. The van der Waals surface area contributed by atoms with Crippen molar-refractivity contribution in [3.63, 3.8) is 0 Å². The molecule has 0 fully saturated rings. The lowest BCUT2D eigenvalue weighted by Crippen LogP contribution is -2.34. The van der Waals surface area contributed by atoms with Crippen LogP contribution in [0.4, 0.5) is 18.9 Å². The van der Waals surface area contributed by atoms with E-state index in [2.05, 4.69) is 0 Å². The van der Waals surface area contributed by atoms with Crippen molar-refractivity contribution in [3.8, 4) is 0 Å². The fourth-order valence-electron chi connectivity index (χ4n) is 1.35. The lowest BCUT2D eigenvalue weighted by Gasteiger charge is -2.27. The lowest BCUT2D eigenvalue weighted by molar-refractivity contribution is -0.384. The largest absolute Gasteiger partial charge is 0.394 e. The van der Waals surface area contributed by atoms with Crippen LogP contribution in [0, 0.1) is 15.5 Å². The molecular formula is C11H12F3NO2. The number of halogens is 3. The van der Waals surface area contributed by atoms with Gasteiger partial charge in [0.25, 0.3) is 5.69 Å². The Morgan fingerprint density at radius 2 is 1.65 bits per heavy atom. The summed E-state index contributed by atoms with van der Waals surface area (Å²) in [7, 11) is 0. The van der Waals surface area contributed by atoms with Crippen LogP contribution in [0.5, 0.6) is 0 Å². The van der Waals surface area contributed by atoms with E-state index in [-0.39, 0.29) is 12.1 Å². The zero-order valence-electron chi connectivity index (χ0n) is 9.41. The molecule has 0 aliphatic heterocycles. The van der Waals surface area contributed by atoms with E-state index >= 15 is 0 Å². The Morgan fingerprint density at radius 1 is 1.18 bits per heavy atom. The number of nitro benzene ring substituents is 1. The molecule has 1 rings (SSSR count). The summed E-state index contributed by atoms with van der Waals surface area (Å²) in [4.78, 5) is 9.80. The number of hydrogen-bond donors (Lipinski definition) is 0. The molecule has 0 atom stereocenters. The molecule has 0 aromatic heterocycles. The predicted octanol–water partition coefficient (Wildman–Crippen LogP) is 3.73. The standard InChI is InChI=1S/C11H12F3NO2/c1-10(2,11(12,13)14)7-8-3-5-9(6-4-8)15(16)17/h3-6H,7H2,1-2H3. The van der Waals surface area contributed by atoms with E-state index in [1.54, 1.807) is 0 Å². The minimum atomic E-state index is -4.30. The van der Waals surface area contributed by atoms with Crippen molar-refractivity contribution in [1.29, 1.82) is 0 Å². The third-order valence-corrected chi connectivity index (χ3v) is 2.56. The van der Waals surface area contributed by atoms with Gasteiger partial charge in [-0.2, -0.15) is 13.2 Å². The minimum absolute atomic E-state index is 0.126. The van der Waals surface area contributed by atoms with E-state index < -0.39 is 16.5 Å². The molecule has 0 radical (unpaired) electrons. The van der Waals surface area contributed by atoms with Gasteiger partial charge >= 0.3 is 6.18 Å². The molecule has 6 heteroatoms. The maximum Gasteiger partial charge on any atom is 0.394 e. The van der Waals surface area contributed by atoms with Crippen LogP contribution in [0.2, 0.25) is 0 Å². The zero-order valence-corrected chi connectivity index (χ0v) is 9.41. The molecule has 1 aromatic carbocycles. The van der Waals surface area contributed by atoms with Gasteiger partial charge in [0.15, 0.2) is 0 Å². The van der Waals surface area contributed by atoms with Gasteiger partial charge in [0.1, 0.15) is 0 Å². The van der Waals surface area contributed by atoms with Crippen LogP contribution in [0.15, 0.2) is 24.3 Å². The SMILES string of the molecule is CC(C)(Cc1ccc([N+](=O)[O-])cc1)C(F)(F)F. The van der Waals surface area contributed by atoms with Gasteiger partial charge in [-0.15, -0.1) is 0 Å². The maximum atomic E-state index is 12.6. The molecule has 0 amide bonds. The molecule has 0 unspecified atom stereocenters. The second kappa shape index (κ2) is 4.35. The Kier molecular flexibility index (Phi) is 3.45. The highest BCUT2D eigenvalue weighted by atomic mass is 19.4. The molecule has 0 aliphatic carbocycles. The van der Waals surface area contributed by atoms with Gasteiger partial charge in [-0.3, -0.25) is 10.1 Å². The number of alkyl halides is 3. The highest BCUT2D eigenvalue weighted by Crippen LogP contribution is 2.40. The van der Waals surface area contributed by atoms with E-state index in [1.807, 2.05) is 0 Å². The quantitative estimate of drug-likeness (QED) is 0.603. The average molecular weight is 247 g/mol. The fourth-order valence-corrected chi connectivity index (χ4v) is 1.35. The van der Waals surface area contributed by atoms with Crippen LogP contribution in [0.25, 0.3) is 0 Å².